The van der Waals surface area contributed by atoms with E-state index in [0.29, 0.717) is 5.92 Å². The number of hydrogen-bond acceptors (Lipinski definition) is 4. The summed E-state index contributed by atoms with van der Waals surface area (Å²) in [4.78, 5) is 19.6. The lowest BCUT2D eigenvalue weighted by atomic mass is 9.88. The first-order valence-electron chi connectivity index (χ1n) is 18.7. The summed E-state index contributed by atoms with van der Waals surface area (Å²) in [5.41, 5.74) is 14.3. The number of aromatic nitrogens is 3. The van der Waals surface area contributed by atoms with Gasteiger partial charge in [0.1, 0.15) is 0 Å². The Hall–Kier alpha value is -6.78. The molecule has 0 fully saturated rings. The lowest BCUT2D eigenvalue weighted by molar-refractivity contribution is 0.887. The van der Waals surface area contributed by atoms with Crippen LogP contribution < -0.4 is 0 Å². The van der Waals surface area contributed by atoms with E-state index in [1.165, 1.54) is 54.9 Å². The molecule has 6 aromatic carbocycles. The highest BCUT2D eigenvalue weighted by molar-refractivity contribution is 6.08. The summed E-state index contributed by atoms with van der Waals surface area (Å²) < 4.78 is 0. The first-order chi connectivity index (χ1) is 26.8. The SMILES string of the molecule is C1=CC(c2ccc(-c3nc4cc(-c5cccc6ccccc56)c(-c5cccc6ccccc56)cc4nc3C3=CC=C(c4ccncc4)CC3)cc2)CC=N1. The van der Waals surface area contributed by atoms with E-state index >= 15 is 0 Å². The molecule has 4 heteroatoms. The molecule has 0 radical (unpaired) electrons. The van der Waals surface area contributed by atoms with Crippen LogP contribution in [-0.4, -0.2) is 21.2 Å². The van der Waals surface area contributed by atoms with Crippen molar-refractivity contribution in [3.63, 3.8) is 0 Å². The standard InChI is InChI=1S/C50H36N4/c1-3-11-41-37(7-1)9-5-13-43(41)45-31-47-48(32-46(45)44-14-6-10-38-8-2-4-12-42(38)44)54-50(40-21-17-34(18-22-40)36-25-29-52-30-26-36)49(53-47)39-19-15-33(16-20-39)35-23-27-51-28-24-35/h1-17,19-21,23,25-32,35H,18,22,24H2. The van der Waals surface area contributed by atoms with E-state index in [4.69, 9.17) is 9.97 Å². The number of aliphatic imine (C=N–C) groups is 1. The van der Waals surface area contributed by atoms with Gasteiger partial charge in [0.05, 0.1) is 22.4 Å². The Bertz CT molecular complexity index is 2830. The maximum atomic E-state index is 5.55. The molecule has 0 saturated carbocycles. The smallest absolute Gasteiger partial charge is 0.0969 e. The van der Waals surface area contributed by atoms with Crippen molar-refractivity contribution in [3.05, 3.63) is 187 Å². The van der Waals surface area contributed by atoms with Crippen molar-refractivity contribution in [2.75, 3.05) is 0 Å². The molecule has 256 valence electrons. The van der Waals surface area contributed by atoms with E-state index in [2.05, 4.69) is 162 Å². The van der Waals surface area contributed by atoms with Crippen molar-refractivity contribution in [3.8, 4) is 33.5 Å². The first-order valence-corrected chi connectivity index (χ1v) is 18.7. The molecular formula is C50H36N4. The molecule has 0 spiro atoms. The van der Waals surface area contributed by atoms with Gasteiger partial charge in [-0.2, -0.15) is 0 Å². The quantitative estimate of drug-likeness (QED) is 0.174. The minimum atomic E-state index is 0.326. The topological polar surface area (TPSA) is 51.0 Å². The maximum absolute atomic E-state index is 5.55. The fourth-order valence-electron chi connectivity index (χ4n) is 8.14. The van der Waals surface area contributed by atoms with Gasteiger partial charge in [0.25, 0.3) is 0 Å². The Kier molecular flexibility index (Phi) is 8.07. The van der Waals surface area contributed by atoms with E-state index in [9.17, 15) is 0 Å². The average molecular weight is 693 g/mol. The van der Waals surface area contributed by atoms with Crippen LogP contribution in [0.25, 0.3) is 77.2 Å². The van der Waals surface area contributed by atoms with Gasteiger partial charge in [0, 0.05) is 36.3 Å². The molecule has 2 aliphatic rings. The Balaban J connectivity index is 1.21. The Labute approximate surface area is 314 Å². The summed E-state index contributed by atoms with van der Waals surface area (Å²) in [6.07, 6.45) is 17.0. The Morgan fingerprint density at radius 2 is 1.09 bits per heavy atom. The van der Waals surface area contributed by atoms with Gasteiger partial charge in [-0.1, -0.05) is 127 Å². The summed E-state index contributed by atoms with van der Waals surface area (Å²) in [7, 11) is 0. The molecule has 8 aromatic rings. The molecule has 4 nitrogen and oxygen atoms in total. The molecule has 3 heterocycles. The van der Waals surface area contributed by atoms with E-state index < -0.39 is 0 Å². The zero-order valence-electron chi connectivity index (χ0n) is 29.7. The Morgan fingerprint density at radius 1 is 0.500 bits per heavy atom. The second kappa shape index (κ2) is 13.6. The van der Waals surface area contributed by atoms with Crippen molar-refractivity contribution in [2.45, 2.75) is 25.2 Å². The Morgan fingerprint density at radius 3 is 1.70 bits per heavy atom. The van der Waals surface area contributed by atoms with E-state index in [0.717, 1.165) is 58.4 Å². The highest BCUT2D eigenvalue weighted by Crippen LogP contribution is 2.43. The average Bonchev–Trinajstić information content (AvgIpc) is 3.26. The molecule has 54 heavy (non-hydrogen) atoms. The summed E-state index contributed by atoms with van der Waals surface area (Å²) in [6.45, 7) is 0. The fourth-order valence-corrected chi connectivity index (χ4v) is 8.14. The summed E-state index contributed by atoms with van der Waals surface area (Å²) >= 11 is 0. The number of rotatable bonds is 6. The molecule has 0 N–H and O–H groups in total. The zero-order chi connectivity index (χ0) is 35.8. The van der Waals surface area contributed by atoms with Gasteiger partial charge in [-0.25, -0.2) is 9.97 Å². The molecule has 1 atom stereocenters. The van der Waals surface area contributed by atoms with Crippen LogP contribution in [0.4, 0.5) is 0 Å². The fraction of sp³-hybridized carbons (Fsp3) is 0.0800. The monoisotopic (exact) mass is 692 g/mol. The third-order valence-electron chi connectivity index (χ3n) is 10.9. The highest BCUT2D eigenvalue weighted by Gasteiger charge is 2.21. The summed E-state index contributed by atoms with van der Waals surface area (Å²) in [6, 6.07) is 48.1. The van der Waals surface area contributed by atoms with Crippen molar-refractivity contribution in [1.29, 1.82) is 0 Å². The van der Waals surface area contributed by atoms with Gasteiger partial charge in [-0.05, 0) is 110 Å². The number of pyridine rings is 1. The van der Waals surface area contributed by atoms with Gasteiger partial charge < -0.3 is 0 Å². The number of benzene rings is 6. The van der Waals surface area contributed by atoms with Crippen LogP contribution in [0, 0.1) is 0 Å². The molecule has 2 aromatic heterocycles. The van der Waals surface area contributed by atoms with Crippen molar-refractivity contribution < 1.29 is 0 Å². The number of nitrogens with zero attached hydrogens (tertiary/aromatic N) is 4. The van der Waals surface area contributed by atoms with Crippen LogP contribution in [0.5, 0.6) is 0 Å². The maximum Gasteiger partial charge on any atom is 0.0969 e. The van der Waals surface area contributed by atoms with Crippen LogP contribution in [-0.2, 0) is 0 Å². The first kappa shape index (κ1) is 31.9. The number of hydrogen-bond donors (Lipinski definition) is 0. The van der Waals surface area contributed by atoms with Gasteiger partial charge in [0.15, 0.2) is 0 Å². The molecular weight excluding hydrogens is 657 g/mol. The van der Waals surface area contributed by atoms with Gasteiger partial charge in [0.2, 0.25) is 0 Å². The molecule has 1 aliphatic carbocycles. The number of fused-ring (bicyclic) bond motifs is 3. The third-order valence-corrected chi connectivity index (χ3v) is 10.9. The molecule has 0 amide bonds. The molecule has 1 unspecified atom stereocenters. The van der Waals surface area contributed by atoms with Crippen LogP contribution in [0.2, 0.25) is 0 Å². The van der Waals surface area contributed by atoms with Crippen LogP contribution in [0.15, 0.2) is 175 Å². The molecule has 0 bridgehead atoms. The highest BCUT2D eigenvalue weighted by atomic mass is 14.8. The van der Waals surface area contributed by atoms with E-state index in [1.54, 1.807) is 0 Å². The lowest BCUT2D eigenvalue weighted by Gasteiger charge is -2.20. The zero-order valence-corrected chi connectivity index (χ0v) is 29.7. The van der Waals surface area contributed by atoms with Gasteiger partial charge in [-0.3, -0.25) is 9.98 Å². The van der Waals surface area contributed by atoms with Crippen LogP contribution >= 0.6 is 0 Å². The molecule has 10 rings (SSSR count). The van der Waals surface area contributed by atoms with E-state index in [-0.39, 0.29) is 0 Å². The second-order valence-electron chi connectivity index (χ2n) is 14.1. The predicted molar refractivity (Wildman–Crippen MR) is 225 cm³/mol. The third kappa shape index (κ3) is 5.82. The van der Waals surface area contributed by atoms with Gasteiger partial charge in [-0.15, -0.1) is 0 Å². The van der Waals surface area contributed by atoms with Crippen molar-refractivity contribution in [2.24, 2.45) is 4.99 Å². The minimum absolute atomic E-state index is 0.326. The number of allylic oxidation sites excluding steroid dienone is 5. The molecule has 0 saturated heterocycles. The largest absolute Gasteiger partial charge is 0.269 e. The molecule has 1 aliphatic heterocycles. The second-order valence-corrected chi connectivity index (χ2v) is 14.1. The van der Waals surface area contributed by atoms with Crippen LogP contribution in [0.3, 0.4) is 0 Å². The normalized spacial score (nSPS) is 15.4. The lowest BCUT2D eigenvalue weighted by Crippen LogP contribution is -2.03. The minimum Gasteiger partial charge on any atom is -0.269 e. The van der Waals surface area contributed by atoms with Gasteiger partial charge >= 0.3 is 0 Å². The van der Waals surface area contributed by atoms with Crippen LogP contribution in [0.1, 0.15) is 42.0 Å². The predicted octanol–water partition coefficient (Wildman–Crippen LogP) is 12.7. The van der Waals surface area contributed by atoms with Crippen molar-refractivity contribution >= 4 is 49.9 Å². The summed E-state index contributed by atoms with van der Waals surface area (Å²) in [5.74, 6) is 0.326. The summed E-state index contributed by atoms with van der Waals surface area (Å²) in [5, 5.41) is 4.86. The van der Waals surface area contributed by atoms with E-state index in [1.807, 2.05) is 24.8 Å². The van der Waals surface area contributed by atoms with Crippen molar-refractivity contribution in [1.82, 2.24) is 15.0 Å².